The SMILES string of the molecule is O=C(Nc1ccccc1)c1ccc([C@H]2Nc3ccccc3S(=O)(=O)N2)cc1. The van der Waals surface area contributed by atoms with Gasteiger partial charge in [-0.1, -0.05) is 42.5 Å². The van der Waals surface area contributed by atoms with Crippen LogP contribution in [0.1, 0.15) is 22.1 Å². The predicted molar refractivity (Wildman–Crippen MR) is 104 cm³/mol. The van der Waals surface area contributed by atoms with E-state index in [1.165, 1.54) is 0 Å². The summed E-state index contributed by atoms with van der Waals surface area (Å²) in [6.07, 6.45) is -0.601. The van der Waals surface area contributed by atoms with Gasteiger partial charge in [0.1, 0.15) is 11.1 Å². The molecule has 0 spiro atoms. The largest absolute Gasteiger partial charge is 0.364 e. The minimum atomic E-state index is -3.60. The molecule has 0 aliphatic carbocycles. The number of hydrogen-bond acceptors (Lipinski definition) is 4. The molecule has 1 aliphatic heterocycles. The number of para-hydroxylation sites is 2. The van der Waals surface area contributed by atoms with E-state index in [1.54, 1.807) is 48.5 Å². The number of sulfonamides is 1. The molecule has 27 heavy (non-hydrogen) atoms. The van der Waals surface area contributed by atoms with Gasteiger partial charge < -0.3 is 10.6 Å². The summed E-state index contributed by atoms with van der Waals surface area (Å²) in [6.45, 7) is 0. The summed E-state index contributed by atoms with van der Waals surface area (Å²) in [6, 6.07) is 22.7. The predicted octanol–water partition coefficient (Wildman–Crippen LogP) is 3.34. The fourth-order valence-corrected chi connectivity index (χ4v) is 4.23. The van der Waals surface area contributed by atoms with Crippen molar-refractivity contribution in [2.24, 2.45) is 0 Å². The molecule has 7 heteroatoms. The molecule has 0 fully saturated rings. The van der Waals surface area contributed by atoms with Crippen molar-refractivity contribution >= 4 is 27.3 Å². The molecule has 3 aromatic rings. The van der Waals surface area contributed by atoms with Crippen LogP contribution in [0.2, 0.25) is 0 Å². The summed E-state index contributed by atoms with van der Waals surface area (Å²) in [4.78, 5) is 12.6. The lowest BCUT2D eigenvalue weighted by molar-refractivity contribution is 0.102. The Balaban J connectivity index is 1.54. The Bertz CT molecular complexity index is 1080. The summed E-state index contributed by atoms with van der Waals surface area (Å²) in [7, 11) is -3.60. The first-order chi connectivity index (χ1) is 13.0. The molecule has 6 nitrogen and oxygen atoms in total. The number of fused-ring (bicyclic) bond motifs is 1. The van der Waals surface area contributed by atoms with Gasteiger partial charge in [0.15, 0.2) is 0 Å². The van der Waals surface area contributed by atoms with Crippen molar-refractivity contribution in [2.75, 3.05) is 10.6 Å². The third-order valence-corrected chi connectivity index (χ3v) is 5.77. The quantitative estimate of drug-likeness (QED) is 0.651. The number of carbonyl (C=O) groups excluding carboxylic acids is 1. The van der Waals surface area contributed by atoms with E-state index in [-0.39, 0.29) is 10.8 Å². The highest BCUT2D eigenvalue weighted by molar-refractivity contribution is 7.89. The van der Waals surface area contributed by atoms with E-state index in [4.69, 9.17) is 0 Å². The molecule has 1 amide bonds. The van der Waals surface area contributed by atoms with E-state index in [2.05, 4.69) is 15.4 Å². The minimum absolute atomic E-state index is 0.222. The molecule has 0 aromatic heterocycles. The normalized spacial score (nSPS) is 17.4. The lowest BCUT2D eigenvalue weighted by atomic mass is 10.1. The van der Waals surface area contributed by atoms with Gasteiger partial charge in [-0.05, 0) is 42.0 Å². The summed E-state index contributed by atoms with van der Waals surface area (Å²) in [5.41, 5.74) is 2.46. The van der Waals surface area contributed by atoms with E-state index < -0.39 is 16.2 Å². The summed E-state index contributed by atoms with van der Waals surface area (Å²) in [5, 5.41) is 5.98. The van der Waals surface area contributed by atoms with E-state index in [0.717, 1.165) is 0 Å². The average molecular weight is 379 g/mol. The number of rotatable bonds is 3. The number of carbonyl (C=O) groups is 1. The molecule has 136 valence electrons. The maximum atomic E-state index is 12.4. The molecule has 4 rings (SSSR count). The highest BCUT2D eigenvalue weighted by Crippen LogP contribution is 2.30. The zero-order valence-electron chi connectivity index (χ0n) is 14.2. The molecule has 0 saturated heterocycles. The van der Waals surface area contributed by atoms with Crippen LogP contribution in [0.25, 0.3) is 0 Å². The number of anilines is 2. The van der Waals surface area contributed by atoms with Gasteiger partial charge >= 0.3 is 0 Å². The maximum Gasteiger partial charge on any atom is 0.255 e. The zero-order valence-corrected chi connectivity index (χ0v) is 15.0. The Hall–Kier alpha value is -3.16. The molecule has 3 N–H and O–H groups in total. The second-order valence-corrected chi connectivity index (χ2v) is 7.82. The van der Waals surface area contributed by atoms with Crippen molar-refractivity contribution in [1.82, 2.24) is 4.72 Å². The van der Waals surface area contributed by atoms with Crippen molar-refractivity contribution < 1.29 is 13.2 Å². The van der Waals surface area contributed by atoms with Crippen molar-refractivity contribution in [3.05, 3.63) is 90.0 Å². The van der Waals surface area contributed by atoms with E-state index >= 15 is 0 Å². The first-order valence-corrected chi connectivity index (χ1v) is 9.85. The van der Waals surface area contributed by atoms with Crippen LogP contribution in [-0.4, -0.2) is 14.3 Å². The van der Waals surface area contributed by atoms with Crippen LogP contribution in [0.15, 0.2) is 83.8 Å². The van der Waals surface area contributed by atoms with Gasteiger partial charge in [0.25, 0.3) is 5.91 Å². The van der Waals surface area contributed by atoms with Crippen LogP contribution < -0.4 is 15.4 Å². The third kappa shape index (κ3) is 3.55. The van der Waals surface area contributed by atoms with Crippen LogP contribution >= 0.6 is 0 Å². The van der Waals surface area contributed by atoms with Gasteiger partial charge in [-0.3, -0.25) is 4.79 Å². The molecule has 1 atom stereocenters. The Morgan fingerprint density at radius 2 is 1.52 bits per heavy atom. The van der Waals surface area contributed by atoms with Crippen LogP contribution in [0.5, 0.6) is 0 Å². The van der Waals surface area contributed by atoms with Gasteiger partial charge in [0.2, 0.25) is 10.0 Å². The lowest BCUT2D eigenvalue weighted by Gasteiger charge is -2.28. The molecule has 1 aliphatic rings. The molecule has 0 saturated carbocycles. The van der Waals surface area contributed by atoms with Crippen LogP contribution in [0.4, 0.5) is 11.4 Å². The molecule has 1 heterocycles. The molecule has 0 radical (unpaired) electrons. The van der Waals surface area contributed by atoms with Crippen LogP contribution in [0, 0.1) is 0 Å². The number of hydrogen-bond donors (Lipinski definition) is 3. The van der Waals surface area contributed by atoms with Gasteiger partial charge in [-0.2, -0.15) is 4.72 Å². The van der Waals surface area contributed by atoms with E-state index in [9.17, 15) is 13.2 Å². The van der Waals surface area contributed by atoms with Gasteiger partial charge in [-0.15, -0.1) is 0 Å². The topological polar surface area (TPSA) is 87.3 Å². The molecule has 3 aromatic carbocycles. The Morgan fingerprint density at radius 1 is 0.852 bits per heavy atom. The first-order valence-electron chi connectivity index (χ1n) is 8.37. The van der Waals surface area contributed by atoms with Gasteiger partial charge in [-0.25, -0.2) is 8.42 Å². The molecular weight excluding hydrogens is 362 g/mol. The fraction of sp³-hybridized carbons (Fsp3) is 0.0500. The second-order valence-electron chi connectivity index (χ2n) is 6.14. The van der Waals surface area contributed by atoms with Crippen molar-refractivity contribution in [2.45, 2.75) is 11.1 Å². The highest BCUT2D eigenvalue weighted by atomic mass is 32.2. The third-order valence-electron chi connectivity index (χ3n) is 4.29. The zero-order chi connectivity index (χ0) is 18.9. The van der Waals surface area contributed by atoms with Crippen LogP contribution in [0.3, 0.4) is 0 Å². The van der Waals surface area contributed by atoms with Crippen LogP contribution in [-0.2, 0) is 10.0 Å². The summed E-state index contributed by atoms with van der Waals surface area (Å²) >= 11 is 0. The van der Waals surface area contributed by atoms with E-state index in [1.807, 2.05) is 30.3 Å². The Kier molecular flexibility index (Phi) is 4.39. The lowest BCUT2D eigenvalue weighted by Crippen LogP contribution is -2.38. The Morgan fingerprint density at radius 3 is 2.26 bits per heavy atom. The first kappa shape index (κ1) is 17.3. The molecule has 0 bridgehead atoms. The fourth-order valence-electron chi connectivity index (χ4n) is 2.93. The second kappa shape index (κ2) is 6.86. The minimum Gasteiger partial charge on any atom is -0.364 e. The van der Waals surface area contributed by atoms with Gasteiger partial charge in [0, 0.05) is 11.3 Å². The van der Waals surface area contributed by atoms with Crippen molar-refractivity contribution in [1.29, 1.82) is 0 Å². The molecule has 0 unspecified atom stereocenters. The summed E-state index contributed by atoms with van der Waals surface area (Å²) in [5.74, 6) is -0.227. The average Bonchev–Trinajstić information content (AvgIpc) is 2.68. The molecular formula is C20H17N3O3S. The Labute approximate surface area is 157 Å². The number of benzene rings is 3. The number of nitrogens with one attached hydrogen (secondary N) is 3. The highest BCUT2D eigenvalue weighted by Gasteiger charge is 2.29. The standard InChI is InChI=1S/C20H17N3O3S/c24-20(21-16-6-2-1-3-7-16)15-12-10-14(11-13-15)19-22-17-8-4-5-9-18(17)27(25,26)23-19/h1-13,19,22-23H,(H,21,24)/t19-/m0/s1. The van der Waals surface area contributed by atoms with E-state index in [0.29, 0.717) is 22.5 Å². The summed E-state index contributed by atoms with van der Waals surface area (Å²) < 4.78 is 27.5. The smallest absolute Gasteiger partial charge is 0.255 e. The van der Waals surface area contributed by atoms with Crippen molar-refractivity contribution in [3.63, 3.8) is 0 Å². The maximum absolute atomic E-state index is 12.4. The van der Waals surface area contributed by atoms with Gasteiger partial charge in [0.05, 0.1) is 5.69 Å². The monoisotopic (exact) mass is 379 g/mol. The number of amides is 1. The van der Waals surface area contributed by atoms with Crippen molar-refractivity contribution in [3.8, 4) is 0 Å².